The first kappa shape index (κ1) is 19.4. The first-order valence-electron chi connectivity index (χ1n) is 9.42. The standard InChI is InChI=1S/C22H23N3O3S/c1-22(2,3)16-11-9-15(10-12-16)21(26)23-20-18-13-29(27,28)14-19(18)24-25(20)17-7-5-4-6-8-17/h4-12H,13-14H2,1-3H3,(H,23,26). The van der Waals surface area contributed by atoms with Crippen molar-refractivity contribution in [2.75, 3.05) is 5.32 Å². The van der Waals surface area contributed by atoms with Crippen LogP contribution < -0.4 is 5.32 Å². The molecule has 0 saturated carbocycles. The number of anilines is 1. The molecule has 1 aliphatic rings. The van der Waals surface area contributed by atoms with Gasteiger partial charge in [0.2, 0.25) is 0 Å². The van der Waals surface area contributed by atoms with Crippen LogP contribution in [0.25, 0.3) is 5.69 Å². The summed E-state index contributed by atoms with van der Waals surface area (Å²) in [5, 5.41) is 7.37. The van der Waals surface area contributed by atoms with Crippen molar-refractivity contribution >= 4 is 21.6 Å². The second kappa shape index (κ2) is 6.84. The summed E-state index contributed by atoms with van der Waals surface area (Å²) in [4.78, 5) is 12.9. The van der Waals surface area contributed by atoms with Gasteiger partial charge in [0, 0.05) is 11.1 Å². The van der Waals surface area contributed by atoms with Crippen molar-refractivity contribution in [3.05, 3.63) is 77.0 Å². The SMILES string of the molecule is CC(C)(C)c1ccc(C(=O)Nc2c3c(nn2-c2ccccc2)CS(=O)(=O)C3)cc1. The van der Waals surface area contributed by atoms with Crippen molar-refractivity contribution in [2.24, 2.45) is 0 Å². The van der Waals surface area contributed by atoms with E-state index in [1.165, 1.54) is 0 Å². The average Bonchev–Trinajstić information content (AvgIpc) is 3.14. The van der Waals surface area contributed by atoms with E-state index in [4.69, 9.17) is 0 Å². The van der Waals surface area contributed by atoms with Gasteiger partial charge in [-0.1, -0.05) is 51.1 Å². The molecule has 0 unspecified atom stereocenters. The molecule has 6 nitrogen and oxygen atoms in total. The minimum atomic E-state index is -3.23. The Bertz CT molecular complexity index is 1170. The molecule has 7 heteroatoms. The number of carbonyl (C=O) groups excluding carboxylic acids is 1. The molecule has 0 saturated heterocycles. The highest BCUT2D eigenvalue weighted by Crippen LogP contribution is 2.33. The normalized spacial score (nSPS) is 15.1. The summed E-state index contributed by atoms with van der Waals surface area (Å²) in [6, 6.07) is 16.8. The fourth-order valence-corrected chi connectivity index (χ4v) is 4.92. The van der Waals surface area contributed by atoms with Crippen molar-refractivity contribution in [1.82, 2.24) is 9.78 Å². The van der Waals surface area contributed by atoms with E-state index in [0.717, 1.165) is 11.3 Å². The highest BCUT2D eigenvalue weighted by Gasteiger charge is 2.33. The number of para-hydroxylation sites is 1. The predicted molar refractivity (Wildman–Crippen MR) is 113 cm³/mol. The van der Waals surface area contributed by atoms with Gasteiger partial charge in [0.15, 0.2) is 9.84 Å². The second-order valence-electron chi connectivity index (χ2n) is 8.33. The van der Waals surface area contributed by atoms with E-state index in [2.05, 4.69) is 31.2 Å². The van der Waals surface area contributed by atoms with E-state index >= 15 is 0 Å². The Labute approximate surface area is 170 Å². The lowest BCUT2D eigenvalue weighted by Gasteiger charge is -2.19. The summed E-state index contributed by atoms with van der Waals surface area (Å²) in [6.07, 6.45) is 0. The third kappa shape index (κ3) is 3.82. The van der Waals surface area contributed by atoms with Gasteiger partial charge in [-0.2, -0.15) is 5.10 Å². The maximum absolute atomic E-state index is 12.9. The van der Waals surface area contributed by atoms with E-state index in [1.54, 1.807) is 16.8 Å². The van der Waals surface area contributed by atoms with E-state index in [9.17, 15) is 13.2 Å². The van der Waals surface area contributed by atoms with E-state index < -0.39 is 9.84 Å². The second-order valence-corrected chi connectivity index (χ2v) is 10.4. The minimum absolute atomic E-state index is 0.00385. The zero-order valence-electron chi connectivity index (χ0n) is 16.6. The molecule has 0 aliphatic carbocycles. The Morgan fingerprint density at radius 2 is 1.66 bits per heavy atom. The fraction of sp³-hybridized carbons (Fsp3) is 0.273. The summed E-state index contributed by atoms with van der Waals surface area (Å²) in [6.45, 7) is 6.35. The molecular formula is C22H23N3O3S. The Morgan fingerprint density at radius 3 is 2.28 bits per heavy atom. The molecule has 0 bridgehead atoms. The van der Waals surface area contributed by atoms with E-state index in [1.807, 2.05) is 42.5 Å². The van der Waals surface area contributed by atoms with Crippen molar-refractivity contribution < 1.29 is 13.2 Å². The number of rotatable bonds is 3. The number of hydrogen-bond acceptors (Lipinski definition) is 4. The molecule has 1 amide bonds. The first-order valence-corrected chi connectivity index (χ1v) is 11.2. The predicted octanol–water partition coefficient (Wildman–Crippen LogP) is 3.85. The zero-order valence-corrected chi connectivity index (χ0v) is 17.5. The molecule has 4 rings (SSSR count). The average molecular weight is 410 g/mol. The molecule has 2 heterocycles. The van der Waals surface area contributed by atoms with E-state index in [-0.39, 0.29) is 22.8 Å². The number of nitrogens with one attached hydrogen (secondary N) is 1. The maximum atomic E-state index is 12.9. The number of nitrogens with zero attached hydrogens (tertiary/aromatic N) is 2. The Morgan fingerprint density at radius 1 is 1.00 bits per heavy atom. The van der Waals surface area contributed by atoms with Crippen LogP contribution in [0, 0.1) is 0 Å². The summed E-state index contributed by atoms with van der Waals surface area (Å²) >= 11 is 0. The highest BCUT2D eigenvalue weighted by atomic mass is 32.2. The molecular weight excluding hydrogens is 386 g/mol. The molecule has 0 atom stereocenters. The quantitative estimate of drug-likeness (QED) is 0.712. The highest BCUT2D eigenvalue weighted by molar-refractivity contribution is 7.90. The molecule has 0 fully saturated rings. The lowest BCUT2D eigenvalue weighted by molar-refractivity contribution is 0.102. The van der Waals surface area contributed by atoms with Gasteiger partial charge in [0.1, 0.15) is 5.82 Å². The smallest absolute Gasteiger partial charge is 0.256 e. The molecule has 0 radical (unpaired) electrons. The Hall–Kier alpha value is -2.93. The third-order valence-electron chi connectivity index (χ3n) is 5.03. The van der Waals surface area contributed by atoms with Crippen LogP contribution in [0.4, 0.5) is 5.82 Å². The minimum Gasteiger partial charge on any atom is -0.306 e. The maximum Gasteiger partial charge on any atom is 0.256 e. The summed E-state index contributed by atoms with van der Waals surface area (Å²) in [5.41, 5.74) is 3.46. The van der Waals surface area contributed by atoms with Gasteiger partial charge >= 0.3 is 0 Å². The topological polar surface area (TPSA) is 81.1 Å². The number of amides is 1. The van der Waals surface area contributed by atoms with Crippen LogP contribution in [0.3, 0.4) is 0 Å². The van der Waals surface area contributed by atoms with Gasteiger partial charge < -0.3 is 5.32 Å². The molecule has 150 valence electrons. The van der Waals surface area contributed by atoms with Gasteiger partial charge in [-0.25, -0.2) is 13.1 Å². The van der Waals surface area contributed by atoms with Crippen LogP contribution in [0.15, 0.2) is 54.6 Å². The number of aromatic nitrogens is 2. The molecule has 2 aromatic carbocycles. The van der Waals surface area contributed by atoms with Crippen LogP contribution in [0.1, 0.15) is 48.0 Å². The molecule has 0 spiro atoms. The Kier molecular flexibility index (Phi) is 4.58. The Balaban J connectivity index is 1.70. The number of fused-ring (bicyclic) bond motifs is 1. The molecule has 1 aliphatic heterocycles. The summed E-state index contributed by atoms with van der Waals surface area (Å²) in [7, 11) is -3.23. The summed E-state index contributed by atoms with van der Waals surface area (Å²) < 4.78 is 25.8. The number of benzene rings is 2. The van der Waals surface area contributed by atoms with Crippen LogP contribution in [-0.4, -0.2) is 24.1 Å². The lowest BCUT2D eigenvalue weighted by atomic mass is 9.87. The molecule has 1 N–H and O–H groups in total. The lowest BCUT2D eigenvalue weighted by Crippen LogP contribution is -2.17. The van der Waals surface area contributed by atoms with Crippen LogP contribution >= 0.6 is 0 Å². The zero-order chi connectivity index (χ0) is 20.8. The number of hydrogen-bond donors (Lipinski definition) is 1. The van der Waals surface area contributed by atoms with Gasteiger partial charge in [-0.05, 0) is 35.2 Å². The fourth-order valence-electron chi connectivity index (χ4n) is 3.43. The van der Waals surface area contributed by atoms with Gasteiger partial charge in [-0.15, -0.1) is 0 Å². The van der Waals surface area contributed by atoms with Crippen molar-refractivity contribution in [3.8, 4) is 5.69 Å². The van der Waals surface area contributed by atoms with Gasteiger partial charge in [-0.3, -0.25) is 4.79 Å². The van der Waals surface area contributed by atoms with Crippen molar-refractivity contribution in [3.63, 3.8) is 0 Å². The monoisotopic (exact) mass is 409 g/mol. The molecule has 29 heavy (non-hydrogen) atoms. The van der Waals surface area contributed by atoms with Crippen molar-refractivity contribution in [2.45, 2.75) is 37.7 Å². The molecule has 1 aromatic heterocycles. The largest absolute Gasteiger partial charge is 0.306 e. The number of carbonyl (C=O) groups is 1. The van der Waals surface area contributed by atoms with Crippen LogP contribution in [-0.2, 0) is 26.8 Å². The van der Waals surface area contributed by atoms with Crippen molar-refractivity contribution in [1.29, 1.82) is 0 Å². The van der Waals surface area contributed by atoms with Crippen LogP contribution in [0.2, 0.25) is 0 Å². The third-order valence-corrected chi connectivity index (χ3v) is 6.48. The number of sulfone groups is 1. The first-order chi connectivity index (χ1) is 13.6. The van der Waals surface area contributed by atoms with E-state index in [0.29, 0.717) is 22.6 Å². The van der Waals surface area contributed by atoms with Crippen LogP contribution in [0.5, 0.6) is 0 Å². The molecule has 3 aromatic rings. The summed E-state index contributed by atoms with van der Waals surface area (Å²) in [5.74, 6) is -0.106. The van der Waals surface area contributed by atoms with Gasteiger partial charge in [0.25, 0.3) is 5.91 Å². The van der Waals surface area contributed by atoms with Gasteiger partial charge in [0.05, 0.1) is 22.9 Å².